The lowest BCUT2D eigenvalue weighted by Gasteiger charge is -2.08. The number of nitrogens with one attached hydrogen (secondary N) is 1. The molecule has 0 aliphatic heterocycles. The van der Waals surface area contributed by atoms with Gasteiger partial charge in [-0.05, 0) is 55.3 Å². The molecule has 0 saturated carbocycles. The van der Waals surface area contributed by atoms with Crippen LogP contribution < -0.4 is 9.57 Å². The molecule has 2 aromatic carbocycles. The van der Waals surface area contributed by atoms with E-state index in [0.717, 1.165) is 0 Å². The van der Waals surface area contributed by atoms with E-state index in [2.05, 4.69) is 9.93 Å². The zero-order valence-electron chi connectivity index (χ0n) is 13.5. The lowest BCUT2D eigenvalue weighted by atomic mass is 10.1. The number of nitrogens with zero attached hydrogens (tertiary/aromatic N) is 1. The van der Waals surface area contributed by atoms with E-state index in [4.69, 9.17) is 4.74 Å². The molecule has 0 saturated heterocycles. The maximum Gasteiger partial charge on any atom is 0.276 e. The van der Waals surface area contributed by atoms with Gasteiger partial charge in [0.2, 0.25) is 0 Å². The summed E-state index contributed by atoms with van der Waals surface area (Å²) >= 11 is 0. The minimum Gasteiger partial charge on any atom is -0.494 e. The van der Waals surface area contributed by atoms with Crippen LogP contribution in [-0.4, -0.2) is 20.7 Å². The van der Waals surface area contributed by atoms with Crippen molar-refractivity contribution in [2.75, 3.05) is 6.61 Å². The number of benzene rings is 2. The first kappa shape index (κ1) is 17.9. The van der Waals surface area contributed by atoms with Crippen molar-refractivity contribution in [1.82, 2.24) is 4.83 Å². The molecule has 24 heavy (non-hydrogen) atoms. The fourth-order valence-electron chi connectivity index (χ4n) is 2.04. The quantitative estimate of drug-likeness (QED) is 0.615. The molecule has 0 bridgehead atoms. The number of hydrazone groups is 1. The average molecular weight is 350 g/mol. The Morgan fingerprint density at radius 1 is 1.08 bits per heavy atom. The number of hydrogen-bond acceptors (Lipinski definition) is 4. The van der Waals surface area contributed by atoms with Crippen LogP contribution in [0.3, 0.4) is 0 Å². The van der Waals surface area contributed by atoms with Gasteiger partial charge in [0, 0.05) is 0 Å². The summed E-state index contributed by atoms with van der Waals surface area (Å²) in [7, 11) is -3.78. The summed E-state index contributed by atoms with van der Waals surface area (Å²) in [5, 5.41) is 3.97. The average Bonchev–Trinajstić information content (AvgIpc) is 2.58. The largest absolute Gasteiger partial charge is 0.494 e. The first-order valence-electron chi connectivity index (χ1n) is 7.53. The van der Waals surface area contributed by atoms with Crippen molar-refractivity contribution < 1.29 is 17.5 Å². The van der Waals surface area contributed by atoms with Crippen LogP contribution in [0, 0.1) is 5.82 Å². The van der Waals surface area contributed by atoms with Crippen LogP contribution in [-0.2, 0) is 10.0 Å². The van der Waals surface area contributed by atoms with Crippen LogP contribution in [0.1, 0.15) is 25.8 Å². The fraction of sp³-hybridized carbons (Fsp3) is 0.235. The summed E-state index contributed by atoms with van der Waals surface area (Å²) in [4.78, 5) is 2.30. The van der Waals surface area contributed by atoms with Crippen LogP contribution in [0.4, 0.5) is 4.39 Å². The van der Waals surface area contributed by atoms with E-state index in [9.17, 15) is 12.8 Å². The van der Waals surface area contributed by atoms with Crippen LogP contribution in [0.2, 0.25) is 0 Å². The van der Waals surface area contributed by atoms with Crippen LogP contribution in [0.15, 0.2) is 58.5 Å². The molecule has 0 aliphatic carbocycles. The van der Waals surface area contributed by atoms with Gasteiger partial charge in [-0.3, -0.25) is 0 Å². The van der Waals surface area contributed by atoms with Gasteiger partial charge in [-0.1, -0.05) is 19.1 Å². The van der Waals surface area contributed by atoms with Gasteiger partial charge >= 0.3 is 0 Å². The Morgan fingerprint density at radius 2 is 1.71 bits per heavy atom. The molecular formula is C17H19FN2O3S. The number of rotatable bonds is 7. The third-order valence-corrected chi connectivity index (χ3v) is 4.48. The van der Waals surface area contributed by atoms with Gasteiger partial charge < -0.3 is 4.74 Å². The predicted molar refractivity (Wildman–Crippen MR) is 91.2 cm³/mol. The number of ether oxygens (including phenoxy) is 1. The Labute approximate surface area is 141 Å². The van der Waals surface area contributed by atoms with Crippen molar-refractivity contribution in [3.8, 4) is 5.75 Å². The number of halogens is 1. The second-order valence-corrected chi connectivity index (χ2v) is 6.58. The lowest BCUT2D eigenvalue weighted by Crippen LogP contribution is -2.20. The molecule has 0 aliphatic rings. The molecule has 0 spiro atoms. The maximum atomic E-state index is 13.0. The normalized spacial score (nSPS) is 12.0. The van der Waals surface area contributed by atoms with Gasteiger partial charge in [0.05, 0.1) is 17.2 Å². The number of hydrogen-bond donors (Lipinski definition) is 1. The van der Waals surface area contributed by atoms with E-state index in [0.29, 0.717) is 30.1 Å². The Balaban J connectivity index is 2.19. The molecule has 0 unspecified atom stereocenters. The van der Waals surface area contributed by atoms with E-state index in [1.54, 1.807) is 24.3 Å². The standard InChI is InChI=1S/C17H19FN2O3S/c1-3-17(13-5-7-14(18)8-6-13)19-20-24(21,22)16-11-9-15(10-12-16)23-4-2/h5-12,20H,3-4H2,1-2H3/b19-17+. The van der Waals surface area contributed by atoms with E-state index >= 15 is 0 Å². The third kappa shape index (κ3) is 4.55. The smallest absolute Gasteiger partial charge is 0.276 e. The van der Waals surface area contributed by atoms with E-state index in [-0.39, 0.29) is 10.7 Å². The van der Waals surface area contributed by atoms with Crippen molar-refractivity contribution in [3.05, 3.63) is 59.9 Å². The van der Waals surface area contributed by atoms with Crippen LogP contribution in [0.5, 0.6) is 5.75 Å². The topological polar surface area (TPSA) is 67.8 Å². The molecule has 5 nitrogen and oxygen atoms in total. The fourth-order valence-corrected chi connectivity index (χ4v) is 2.87. The molecule has 0 aromatic heterocycles. The highest BCUT2D eigenvalue weighted by molar-refractivity contribution is 7.89. The molecule has 0 radical (unpaired) electrons. The summed E-state index contributed by atoms with van der Waals surface area (Å²) in [5.41, 5.74) is 1.18. The second kappa shape index (κ2) is 7.92. The molecule has 0 amide bonds. The van der Waals surface area contributed by atoms with Crippen molar-refractivity contribution in [1.29, 1.82) is 0 Å². The molecule has 1 N–H and O–H groups in total. The van der Waals surface area contributed by atoms with E-state index in [1.807, 2.05) is 13.8 Å². The zero-order chi connectivity index (χ0) is 17.6. The lowest BCUT2D eigenvalue weighted by molar-refractivity contribution is 0.340. The Kier molecular flexibility index (Phi) is 5.92. The van der Waals surface area contributed by atoms with Gasteiger partial charge in [0.15, 0.2) is 0 Å². The Morgan fingerprint density at radius 3 is 2.25 bits per heavy atom. The summed E-state index contributed by atoms with van der Waals surface area (Å²) in [5.74, 6) is 0.240. The molecule has 2 aromatic rings. The SMILES string of the molecule is CCOc1ccc(S(=O)(=O)N/N=C(\CC)c2ccc(F)cc2)cc1. The first-order valence-corrected chi connectivity index (χ1v) is 9.01. The molecule has 128 valence electrons. The summed E-state index contributed by atoms with van der Waals surface area (Å²) in [6.07, 6.45) is 0.497. The summed E-state index contributed by atoms with van der Waals surface area (Å²) < 4.78 is 42.8. The highest BCUT2D eigenvalue weighted by Gasteiger charge is 2.13. The summed E-state index contributed by atoms with van der Waals surface area (Å²) in [6, 6.07) is 11.8. The van der Waals surface area contributed by atoms with Crippen molar-refractivity contribution in [3.63, 3.8) is 0 Å². The molecule has 7 heteroatoms. The molecule has 0 atom stereocenters. The van der Waals surface area contributed by atoms with Gasteiger partial charge in [-0.2, -0.15) is 18.4 Å². The highest BCUT2D eigenvalue weighted by Crippen LogP contribution is 2.16. The minimum absolute atomic E-state index is 0.0873. The van der Waals surface area contributed by atoms with E-state index in [1.165, 1.54) is 24.3 Å². The number of sulfonamides is 1. The Hall–Kier alpha value is -2.41. The van der Waals surface area contributed by atoms with E-state index < -0.39 is 10.0 Å². The van der Waals surface area contributed by atoms with Crippen LogP contribution in [0.25, 0.3) is 0 Å². The highest BCUT2D eigenvalue weighted by atomic mass is 32.2. The first-order chi connectivity index (χ1) is 11.5. The predicted octanol–water partition coefficient (Wildman–Crippen LogP) is 3.32. The van der Waals surface area contributed by atoms with Gasteiger partial charge in [-0.25, -0.2) is 4.39 Å². The zero-order valence-corrected chi connectivity index (χ0v) is 14.3. The third-order valence-electron chi connectivity index (χ3n) is 3.26. The maximum absolute atomic E-state index is 13.0. The van der Waals surface area contributed by atoms with Crippen molar-refractivity contribution in [2.45, 2.75) is 25.2 Å². The van der Waals surface area contributed by atoms with Gasteiger partial charge in [0.1, 0.15) is 11.6 Å². The molecule has 0 heterocycles. The monoisotopic (exact) mass is 350 g/mol. The second-order valence-electron chi connectivity index (χ2n) is 4.92. The Bertz CT molecular complexity index is 801. The van der Waals surface area contributed by atoms with Gasteiger partial charge in [-0.15, -0.1) is 0 Å². The molecule has 0 fully saturated rings. The van der Waals surface area contributed by atoms with Crippen molar-refractivity contribution >= 4 is 15.7 Å². The summed E-state index contributed by atoms with van der Waals surface area (Å²) in [6.45, 7) is 4.20. The molecular weight excluding hydrogens is 331 g/mol. The minimum atomic E-state index is -3.78. The van der Waals surface area contributed by atoms with Crippen molar-refractivity contribution in [2.24, 2.45) is 5.10 Å². The van der Waals surface area contributed by atoms with Gasteiger partial charge in [0.25, 0.3) is 10.0 Å². The van der Waals surface area contributed by atoms with Crippen LogP contribution >= 0.6 is 0 Å². The molecule has 2 rings (SSSR count).